The summed E-state index contributed by atoms with van der Waals surface area (Å²) in [5, 5.41) is 0. The van der Waals surface area contributed by atoms with Crippen LogP contribution >= 0.6 is 0 Å². The molecule has 1 saturated heterocycles. The minimum Gasteiger partial charge on any atom is -0.465 e. The maximum Gasteiger partial charge on any atom is 0.309 e. The van der Waals surface area contributed by atoms with Crippen LogP contribution < -0.4 is 0 Å². The first kappa shape index (κ1) is 10.0. The topological polar surface area (TPSA) is 26.3 Å². The molecule has 0 N–H and O–H groups in total. The molecule has 2 aliphatic rings. The Kier molecular flexibility index (Phi) is 3.44. The van der Waals surface area contributed by atoms with Crippen molar-refractivity contribution in [3.63, 3.8) is 0 Å². The molecule has 2 unspecified atom stereocenters. The van der Waals surface area contributed by atoms with E-state index in [0.29, 0.717) is 12.5 Å². The van der Waals surface area contributed by atoms with Gasteiger partial charge in [-0.15, -0.1) is 0 Å². The first-order chi connectivity index (χ1) is 6.88. The molecule has 0 aromatic heterocycles. The van der Waals surface area contributed by atoms with E-state index in [1.54, 1.807) is 0 Å². The quantitative estimate of drug-likeness (QED) is 0.557. The number of carbonyl (C=O) groups is 1. The third-order valence-corrected chi connectivity index (χ3v) is 3.44. The number of hydrogen-bond acceptors (Lipinski definition) is 2. The van der Waals surface area contributed by atoms with Crippen molar-refractivity contribution in [3.8, 4) is 0 Å². The predicted molar refractivity (Wildman–Crippen MR) is 54.9 cm³/mol. The van der Waals surface area contributed by atoms with Crippen molar-refractivity contribution in [2.45, 2.75) is 51.4 Å². The summed E-state index contributed by atoms with van der Waals surface area (Å²) in [6.07, 6.45) is 9.98. The van der Waals surface area contributed by atoms with Crippen LogP contribution in [0, 0.1) is 11.8 Å². The lowest BCUT2D eigenvalue weighted by molar-refractivity contribution is -0.145. The van der Waals surface area contributed by atoms with Gasteiger partial charge in [-0.2, -0.15) is 0 Å². The number of esters is 1. The van der Waals surface area contributed by atoms with E-state index in [9.17, 15) is 4.79 Å². The van der Waals surface area contributed by atoms with Crippen LogP contribution in [0.5, 0.6) is 0 Å². The third kappa shape index (κ3) is 2.73. The Balaban J connectivity index is 1.76. The van der Waals surface area contributed by atoms with Gasteiger partial charge in [0.05, 0.1) is 12.5 Å². The van der Waals surface area contributed by atoms with E-state index >= 15 is 0 Å². The minimum atomic E-state index is 0.0792. The van der Waals surface area contributed by atoms with Crippen LogP contribution in [0.3, 0.4) is 0 Å². The van der Waals surface area contributed by atoms with Gasteiger partial charge in [0.15, 0.2) is 0 Å². The van der Waals surface area contributed by atoms with Crippen LogP contribution in [-0.2, 0) is 9.53 Å². The SMILES string of the molecule is O=C1OCCCCCCCCC2CC12. The normalized spacial score (nSPS) is 34.7. The first-order valence-electron chi connectivity index (χ1n) is 6.04. The van der Waals surface area contributed by atoms with Crippen LogP contribution in [0.25, 0.3) is 0 Å². The minimum absolute atomic E-state index is 0.0792. The van der Waals surface area contributed by atoms with E-state index < -0.39 is 0 Å². The lowest BCUT2D eigenvalue weighted by Gasteiger charge is -2.06. The highest BCUT2D eigenvalue weighted by Gasteiger charge is 2.43. The number of cyclic esters (lactones) is 1. The van der Waals surface area contributed by atoms with Crippen LogP contribution in [0.1, 0.15) is 51.4 Å². The van der Waals surface area contributed by atoms with Crippen LogP contribution in [-0.4, -0.2) is 12.6 Å². The van der Waals surface area contributed by atoms with Crippen molar-refractivity contribution in [2.75, 3.05) is 6.61 Å². The zero-order valence-electron chi connectivity index (χ0n) is 8.84. The number of hydrogen-bond donors (Lipinski definition) is 0. The van der Waals surface area contributed by atoms with Gasteiger partial charge in [0.1, 0.15) is 0 Å². The Morgan fingerprint density at radius 1 is 1.00 bits per heavy atom. The van der Waals surface area contributed by atoms with Crippen molar-refractivity contribution in [1.82, 2.24) is 0 Å². The molecule has 2 nitrogen and oxygen atoms in total. The fourth-order valence-corrected chi connectivity index (χ4v) is 2.35. The highest BCUT2D eigenvalue weighted by molar-refractivity contribution is 5.75. The van der Waals surface area contributed by atoms with E-state index in [0.717, 1.165) is 12.8 Å². The molecule has 1 aliphatic heterocycles. The molecule has 0 amide bonds. The average molecular weight is 196 g/mol. The molecule has 0 aromatic rings. The van der Waals surface area contributed by atoms with Gasteiger partial charge in [0.2, 0.25) is 0 Å². The summed E-state index contributed by atoms with van der Waals surface area (Å²) < 4.78 is 5.23. The highest BCUT2D eigenvalue weighted by Crippen LogP contribution is 2.43. The zero-order chi connectivity index (χ0) is 9.80. The molecule has 2 rings (SSSR count). The molecule has 14 heavy (non-hydrogen) atoms. The lowest BCUT2D eigenvalue weighted by Crippen LogP contribution is -2.09. The van der Waals surface area contributed by atoms with Crippen molar-refractivity contribution in [3.05, 3.63) is 0 Å². The molecular weight excluding hydrogens is 176 g/mol. The summed E-state index contributed by atoms with van der Waals surface area (Å²) in [6, 6.07) is 0. The van der Waals surface area contributed by atoms with Crippen molar-refractivity contribution < 1.29 is 9.53 Å². The van der Waals surface area contributed by atoms with Gasteiger partial charge in [-0.1, -0.05) is 32.1 Å². The molecule has 0 spiro atoms. The maximum absolute atomic E-state index is 11.4. The van der Waals surface area contributed by atoms with E-state index in [2.05, 4.69) is 0 Å². The molecule has 2 fully saturated rings. The average Bonchev–Trinajstić information content (AvgIpc) is 2.92. The predicted octanol–water partition coefficient (Wildman–Crippen LogP) is 2.91. The highest BCUT2D eigenvalue weighted by atomic mass is 16.5. The van der Waals surface area contributed by atoms with Gasteiger partial charge in [-0.05, 0) is 25.2 Å². The molecule has 0 aromatic carbocycles. The molecule has 0 bridgehead atoms. The van der Waals surface area contributed by atoms with Crippen molar-refractivity contribution >= 4 is 5.97 Å². The molecule has 1 heterocycles. The first-order valence-corrected chi connectivity index (χ1v) is 6.04. The molecule has 2 heteroatoms. The third-order valence-electron chi connectivity index (χ3n) is 3.44. The second-order valence-corrected chi connectivity index (χ2v) is 4.68. The maximum atomic E-state index is 11.4. The second-order valence-electron chi connectivity index (χ2n) is 4.68. The standard InChI is InChI=1S/C12H20O2/c13-12-11-9-10(11)7-5-3-1-2-4-6-8-14-12/h10-11H,1-9H2. The fourth-order valence-electron chi connectivity index (χ4n) is 2.35. The summed E-state index contributed by atoms with van der Waals surface area (Å²) in [5.74, 6) is 1.02. The Bertz CT molecular complexity index is 200. The zero-order valence-corrected chi connectivity index (χ0v) is 8.84. The number of ether oxygens (including phenoxy) is 1. The Labute approximate surface area is 86.0 Å². The Morgan fingerprint density at radius 3 is 2.57 bits per heavy atom. The van der Waals surface area contributed by atoms with Gasteiger partial charge >= 0.3 is 5.97 Å². The molecule has 1 aliphatic carbocycles. The summed E-state index contributed by atoms with van der Waals surface area (Å²) in [7, 11) is 0. The van der Waals surface area contributed by atoms with Gasteiger partial charge in [0.25, 0.3) is 0 Å². The van der Waals surface area contributed by atoms with Gasteiger partial charge in [0, 0.05) is 0 Å². The largest absolute Gasteiger partial charge is 0.465 e. The van der Waals surface area contributed by atoms with E-state index in [1.165, 1.54) is 38.5 Å². The second kappa shape index (κ2) is 4.81. The monoisotopic (exact) mass is 196 g/mol. The smallest absolute Gasteiger partial charge is 0.309 e. The molecule has 2 atom stereocenters. The van der Waals surface area contributed by atoms with Crippen LogP contribution in [0.2, 0.25) is 0 Å². The summed E-state index contributed by atoms with van der Waals surface area (Å²) in [4.78, 5) is 11.4. The van der Waals surface area contributed by atoms with Crippen molar-refractivity contribution in [2.24, 2.45) is 11.8 Å². The van der Waals surface area contributed by atoms with Gasteiger partial charge in [-0.25, -0.2) is 0 Å². The fraction of sp³-hybridized carbons (Fsp3) is 0.917. The van der Waals surface area contributed by atoms with Crippen LogP contribution in [0.4, 0.5) is 0 Å². The van der Waals surface area contributed by atoms with E-state index in [1.807, 2.05) is 0 Å². The number of rotatable bonds is 0. The molecule has 0 radical (unpaired) electrons. The van der Waals surface area contributed by atoms with Gasteiger partial charge in [-0.3, -0.25) is 4.79 Å². The Hall–Kier alpha value is -0.530. The summed E-state index contributed by atoms with van der Waals surface area (Å²) in [5.41, 5.74) is 0. The Morgan fingerprint density at radius 2 is 1.71 bits per heavy atom. The van der Waals surface area contributed by atoms with Gasteiger partial charge < -0.3 is 4.74 Å². The number of carbonyl (C=O) groups excluding carboxylic acids is 1. The van der Waals surface area contributed by atoms with Crippen LogP contribution in [0.15, 0.2) is 0 Å². The van der Waals surface area contributed by atoms with E-state index in [4.69, 9.17) is 4.74 Å². The lowest BCUT2D eigenvalue weighted by atomic mass is 10.1. The molecular formula is C12H20O2. The summed E-state index contributed by atoms with van der Waals surface area (Å²) in [6.45, 7) is 0.655. The van der Waals surface area contributed by atoms with Crippen molar-refractivity contribution in [1.29, 1.82) is 0 Å². The van der Waals surface area contributed by atoms with E-state index in [-0.39, 0.29) is 11.9 Å². The summed E-state index contributed by atoms with van der Waals surface area (Å²) >= 11 is 0. The molecule has 1 saturated carbocycles. The molecule has 80 valence electrons. The number of fused-ring (bicyclic) bond motifs is 1.